The van der Waals surface area contributed by atoms with E-state index in [4.69, 9.17) is 15.9 Å². The van der Waals surface area contributed by atoms with Crippen molar-refractivity contribution in [3.05, 3.63) is 0 Å². The minimum Gasteiger partial charge on any atom is -0.423 e. The average Bonchev–Trinajstić information content (AvgIpc) is 2.01. The number of rotatable bonds is 2. The van der Waals surface area contributed by atoms with Crippen LogP contribution in [-0.2, 0) is 4.43 Å². The fraction of sp³-hybridized carbons (Fsp3) is 0.600. The molecular weight excluding hydrogens is 220 g/mol. The summed E-state index contributed by atoms with van der Waals surface area (Å²) in [6.07, 6.45) is 0.819. The minimum absolute atomic E-state index is 0.622. The predicted molar refractivity (Wildman–Crippen MR) is 55.1 cm³/mol. The Morgan fingerprint density at radius 2 is 1.86 bits per heavy atom. The number of carbonyl (C=O) groups is 2. The molecule has 0 radical (unpaired) electrons. The Bertz CT molecular complexity index is 225. The minimum atomic E-state index is -2.34. The summed E-state index contributed by atoms with van der Waals surface area (Å²) in [4.78, 5) is 26.8. The summed E-state index contributed by atoms with van der Waals surface area (Å²) in [7, 11) is -3.30. The molecule has 1 rings (SSSR count). The van der Waals surface area contributed by atoms with Crippen LogP contribution in [0.1, 0.15) is 6.42 Å². The van der Waals surface area contributed by atoms with Gasteiger partial charge in [-0.15, -0.1) is 0 Å². The smallest absolute Gasteiger partial charge is 0.305 e. The first-order valence-electron chi connectivity index (χ1n) is 4.27. The first kappa shape index (κ1) is 11.0. The van der Waals surface area contributed by atoms with Gasteiger partial charge in [0, 0.05) is 6.61 Å². The van der Waals surface area contributed by atoms with Crippen molar-refractivity contribution in [1.82, 2.24) is 9.96 Å². The summed E-state index contributed by atoms with van der Waals surface area (Å²) in [5, 5.41) is 0. The molecule has 0 spiro atoms. The third kappa shape index (κ3) is 3.01. The number of nitrogens with two attached hydrogens (primary N) is 2. The second-order valence-corrected chi connectivity index (χ2v) is 11.6. The highest BCUT2D eigenvalue weighted by molar-refractivity contribution is 7.21. The molecule has 14 heavy (non-hydrogen) atoms. The van der Waals surface area contributed by atoms with E-state index in [0.717, 1.165) is 12.5 Å². The molecule has 1 aliphatic heterocycles. The van der Waals surface area contributed by atoms with Gasteiger partial charge in [-0.3, -0.25) is 0 Å². The lowest BCUT2D eigenvalue weighted by Crippen LogP contribution is -2.73. The third-order valence-electron chi connectivity index (χ3n) is 1.97. The number of amides is 4. The molecule has 0 unspecified atom stereocenters. The van der Waals surface area contributed by atoms with E-state index in [0.29, 0.717) is 6.61 Å². The van der Waals surface area contributed by atoms with Crippen LogP contribution in [0.4, 0.5) is 9.59 Å². The molecule has 4 amide bonds. The van der Waals surface area contributed by atoms with Crippen LogP contribution >= 0.6 is 0 Å². The molecule has 7 nitrogen and oxygen atoms in total. The van der Waals surface area contributed by atoms with Crippen LogP contribution in [0.2, 0.25) is 6.04 Å². The highest BCUT2D eigenvalue weighted by Crippen LogP contribution is 2.10. The summed E-state index contributed by atoms with van der Waals surface area (Å²) in [6.45, 7) is 0.696. The Hall–Kier alpha value is -1.07. The third-order valence-corrected chi connectivity index (χ3v) is 9.82. The van der Waals surface area contributed by atoms with Gasteiger partial charge in [0.2, 0.25) is 0 Å². The van der Waals surface area contributed by atoms with Crippen LogP contribution in [-0.4, -0.2) is 35.9 Å². The van der Waals surface area contributed by atoms with E-state index in [2.05, 4.69) is 9.96 Å². The van der Waals surface area contributed by atoms with Crippen LogP contribution < -0.4 is 21.4 Å². The standard InChI is InChI=1S/C5H14N4O3Si2/c6-4(10)8-14(9-5(7)11)3-1-2-12-13-14/h1-3,13H2,(H3,6,8,10)(H3,7,9,11). The van der Waals surface area contributed by atoms with E-state index in [1.165, 1.54) is 0 Å². The van der Waals surface area contributed by atoms with Gasteiger partial charge in [0.05, 0.1) is 0 Å². The second-order valence-electron chi connectivity index (χ2n) is 3.22. The Morgan fingerprint density at radius 3 is 2.21 bits per heavy atom. The van der Waals surface area contributed by atoms with Gasteiger partial charge in [0.25, 0.3) is 7.91 Å². The second kappa shape index (κ2) is 4.44. The van der Waals surface area contributed by atoms with Crippen molar-refractivity contribution < 1.29 is 14.0 Å². The maximum Gasteiger partial charge on any atom is 0.305 e. The normalized spacial score (nSPS) is 21.4. The van der Waals surface area contributed by atoms with Crippen molar-refractivity contribution in [3.8, 4) is 0 Å². The summed E-state index contributed by atoms with van der Waals surface area (Å²) in [5.41, 5.74) is 10.1. The van der Waals surface area contributed by atoms with Crippen molar-refractivity contribution in [2.45, 2.75) is 12.5 Å². The van der Waals surface area contributed by atoms with E-state index < -0.39 is 29.3 Å². The zero-order chi connectivity index (χ0) is 10.6. The highest BCUT2D eigenvalue weighted by Gasteiger charge is 2.40. The van der Waals surface area contributed by atoms with E-state index in [1.54, 1.807) is 0 Å². The molecule has 1 heterocycles. The molecule has 0 aromatic heterocycles. The number of nitrogens with one attached hydrogen (secondary N) is 2. The summed E-state index contributed by atoms with van der Waals surface area (Å²) < 4.78 is 5.35. The number of urea groups is 2. The zero-order valence-electron chi connectivity index (χ0n) is 7.71. The maximum atomic E-state index is 10.8. The predicted octanol–water partition coefficient (Wildman–Crippen LogP) is -2.23. The highest BCUT2D eigenvalue weighted by atomic mass is 29.2. The van der Waals surface area contributed by atoms with Crippen LogP contribution in [0.3, 0.4) is 0 Å². The van der Waals surface area contributed by atoms with E-state index in [-0.39, 0.29) is 0 Å². The molecule has 6 N–H and O–H groups in total. The monoisotopic (exact) mass is 234 g/mol. The van der Waals surface area contributed by atoms with Crippen LogP contribution in [0.25, 0.3) is 0 Å². The van der Waals surface area contributed by atoms with Crippen LogP contribution in [0, 0.1) is 0 Å². The number of hydrogen-bond donors (Lipinski definition) is 4. The molecule has 0 aliphatic carbocycles. The number of primary amides is 2. The molecule has 1 saturated heterocycles. The fourth-order valence-electron chi connectivity index (χ4n) is 1.49. The topological polar surface area (TPSA) is 119 Å². The molecule has 1 fully saturated rings. The number of hydrogen-bond acceptors (Lipinski definition) is 3. The van der Waals surface area contributed by atoms with Crippen molar-refractivity contribution in [1.29, 1.82) is 0 Å². The van der Waals surface area contributed by atoms with Gasteiger partial charge in [-0.1, -0.05) is 0 Å². The lowest BCUT2D eigenvalue weighted by Gasteiger charge is -2.33. The van der Waals surface area contributed by atoms with Gasteiger partial charge >= 0.3 is 12.1 Å². The first-order chi connectivity index (χ1) is 6.54. The molecule has 0 bridgehead atoms. The van der Waals surface area contributed by atoms with E-state index >= 15 is 0 Å². The molecule has 80 valence electrons. The lowest BCUT2D eigenvalue weighted by molar-refractivity contribution is 0.250. The summed E-state index contributed by atoms with van der Waals surface area (Å²) >= 11 is 0. The average molecular weight is 234 g/mol. The maximum absolute atomic E-state index is 10.8. The lowest BCUT2D eigenvalue weighted by atomic mass is 10.5. The molecule has 0 atom stereocenters. The van der Waals surface area contributed by atoms with Gasteiger partial charge in [-0.2, -0.15) is 0 Å². The Labute approximate surface area is 84.4 Å². The zero-order valence-corrected chi connectivity index (χ0v) is 10.1. The molecule has 1 aliphatic rings. The fourth-order valence-corrected chi connectivity index (χ4v) is 8.62. The quantitative estimate of drug-likeness (QED) is 0.405. The van der Waals surface area contributed by atoms with E-state index in [1.807, 2.05) is 0 Å². The van der Waals surface area contributed by atoms with Gasteiger partial charge in [-0.25, -0.2) is 9.59 Å². The van der Waals surface area contributed by atoms with Crippen molar-refractivity contribution in [2.75, 3.05) is 6.61 Å². The van der Waals surface area contributed by atoms with E-state index in [9.17, 15) is 9.59 Å². The Balaban J connectivity index is 2.66. The van der Waals surface area contributed by atoms with Crippen molar-refractivity contribution in [2.24, 2.45) is 11.5 Å². The SMILES string of the molecule is NC(=O)N[Si]1(NC(N)=O)CCCO[SiH2]1. The molecular formula is C5H14N4O3Si2. The molecule has 0 saturated carbocycles. The van der Waals surface area contributed by atoms with Crippen molar-refractivity contribution in [3.63, 3.8) is 0 Å². The molecule has 9 heteroatoms. The Kier molecular flexibility index (Phi) is 3.49. The van der Waals surface area contributed by atoms with Crippen molar-refractivity contribution >= 4 is 29.3 Å². The number of carbonyl (C=O) groups excluding carboxylic acids is 2. The van der Waals surface area contributed by atoms with Crippen LogP contribution in [0.15, 0.2) is 0 Å². The summed E-state index contributed by atoms with van der Waals surface area (Å²) in [5.74, 6) is 0. The molecule has 0 aromatic carbocycles. The van der Waals surface area contributed by atoms with Crippen LogP contribution in [0.5, 0.6) is 0 Å². The molecule has 0 aromatic rings. The Morgan fingerprint density at radius 1 is 1.29 bits per heavy atom. The van der Waals surface area contributed by atoms with Gasteiger partial charge in [-0.05, 0) is 12.5 Å². The van der Waals surface area contributed by atoms with Gasteiger partial charge < -0.3 is 25.9 Å². The van der Waals surface area contributed by atoms with Gasteiger partial charge in [0.1, 0.15) is 0 Å². The first-order valence-corrected chi connectivity index (χ1v) is 9.38. The largest absolute Gasteiger partial charge is 0.423 e. The van der Waals surface area contributed by atoms with Gasteiger partial charge in [0.15, 0.2) is 9.28 Å². The summed E-state index contributed by atoms with van der Waals surface area (Å²) in [6, 6.07) is -0.489.